The summed E-state index contributed by atoms with van der Waals surface area (Å²) in [5.74, 6) is 0.129. The van der Waals surface area contributed by atoms with E-state index in [0.717, 1.165) is 22.0 Å². The fraction of sp³-hybridized carbons (Fsp3) is 0.370. The Labute approximate surface area is 202 Å². The molecule has 3 aromatic carbocycles. The van der Waals surface area contributed by atoms with Crippen LogP contribution in [-0.2, 0) is 16.1 Å². The number of hydrogen-bond acceptors (Lipinski definition) is 3. The fourth-order valence-electron chi connectivity index (χ4n) is 4.37. The van der Waals surface area contributed by atoms with Gasteiger partial charge in [-0.2, -0.15) is 0 Å². The maximum Gasteiger partial charge on any atom is 0.412 e. The lowest BCUT2D eigenvalue weighted by Gasteiger charge is -2.38. The molecule has 1 aliphatic heterocycles. The second kappa shape index (κ2) is 11.1. The van der Waals surface area contributed by atoms with E-state index in [1.165, 1.54) is 10.8 Å². The minimum Gasteiger partial charge on any atom is -0.415 e. The second-order valence-electron chi connectivity index (χ2n) is 8.51. The molecule has 1 saturated heterocycles. The lowest BCUT2D eigenvalue weighted by molar-refractivity contribution is -0.0462. The zero-order chi connectivity index (χ0) is 23.2. The van der Waals surface area contributed by atoms with Gasteiger partial charge < -0.3 is 14.4 Å². The molecule has 0 saturated carbocycles. The number of hydrogen-bond donors (Lipinski definition) is 0. The topological polar surface area (TPSA) is 38.8 Å². The zero-order valence-corrected chi connectivity index (χ0v) is 20.3. The number of rotatable bonds is 7. The van der Waals surface area contributed by atoms with E-state index in [0.29, 0.717) is 26.1 Å². The summed E-state index contributed by atoms with van der Waals surface area (Å²) >= 11 is 3.56. The molecule has 1 fully saturated rings. The van der Waals surface area contributed by atoms with Crippen molar-refractivity contribution in [3.05, 3.63) is 82.3 Å². The molecular weight excluding hydrogens is 485 g/mol. The molecule has 6 heteroatoms. The number of benzene rings is 3. The molecule has 4 nitrogen and oxygen atoms in total. The van der Waals surface area contributed by atoms with Gasteiger partial charge in [0.15, 0.2) is 0 Å². The smallest absolute Gasteiger partial charge is 0.412 e. The van der Waals surface area contributed by atoms with Gasteiger partial charge in [0.1, 0.15) is 0 Å². The molecule has 1 aliphatic rings. The van der Waals surface area contributed by atoms with Crippen LogP contribution >= 0.6 is 15.9 Å². The average Bonchev–Trinajstić information content (AvgIpc) is 2.82. The number of carbonyl (C=O) groups is 1. The summed E-state index contributed by atoms with van der Waals surface area (Å²) in [5, 5.41) is 2.36. The SMILES string of the molecule is CCCC(F)OC(=O)N1CC[C@H](c2cccc(Br)c2)[C@@H](OCc2ccc3ccccc3c2)C1. The molecule has 1 amide bonds. The van der Waals surface area contributed by atoms with Crippen LogP contribution in [0, 0.1) is 0 Å². The third kappa shape index (κ3) is 6.12. The van der Waals surface area contributed by atoms with Gasteiger partial charge >= 0.3 is 6.09 Å². The Hall–Kier alpha value is -2.44. The van der Waals surface area contributed by atoms with Gasteiger partial charge in [0.05, 0.1) is 19.3 Å². The van der Waals surface area contributed by atoms with E-state index in [9.17, 15) is 9.18 Å². The molecule has 0 bridgehead atoms. The highest BCUT2D eigenvalue weighted by Crippen LogP contribution is 2.33. The summed E-state index contributed by atoms with van der Waals surface area (Å²) in [4.78, 5) is 14.1. The van der Waals surface area contributed by atoms with Crippen molar-refractivity contribution in [2.45, 2.75) is 51.2 Å². The Morgan fingerprint density at radius 2 is 1.94 bits per heavy atom. The molecule has 3 atom stereocenters. The normalized spacial score (nSPS) is 19.4. The largest absolute Gasteiger partial charge is 0.415 e. The minimum absolute atomic E-state index is 0.129. The molecule has 174 valence electrons. The number of ether oxygens (including phenoxy) is 2. The van der Waals surface area contributed by atoms with E-state index in [-0.39, 0.29) is 18.4 Å². The van der Waals surface area contributed by atoms with Gasteiger partial charge in [-0.05, 0) is 52.9 Å². The molecule has 1 unspecified atom stereocenters. The van der Waals surface area contributed by atoms with Crippen LogP contribution in [0.3, 0.4) is 0 Å². The van der Waals surface area contributed by atoms with Crippen LogP contribution in [0.5, 0.6) is 0 Å². The highest BCUT2D eigenvalue weighted by molar-refractivity contribution is 9.10. The predicted octanol–water partition coefficient (Wildman–Crippen LogP) is 7.21. The average molecular weight is 514 g/mol. The van der Waals surface area contributed by atoms with Crippen LogP contribution in [0.2, 0.25) is 0 Å². The van der Waals surface area contributed by atoms with E-state index in [1.54, 1.807) is 4.90 Å². The number of halogens is 2. The van der Waals surface area contributed by atoms with Crippen molar-refractivity contribution in [3.63, 3.8) is 0 Å². The number of likely N-dealkylation sites (tertiary alicyclic amines) is 1. The van der Waals surface area contributed by atoms with Crippen molar-refractivity contribution >= 4 is 32.8 Å². The van der Waals surface area contributed by atoms with Crippen molar-refractivity contribution in [1.82, 2.24) is 4.90 Å². The number of fused-ring (bicyclic) bond motifs is 1. The summed E-state index contributed by atoms with van der Waals surface area (Å²) in [6, 6.07) is 22.7. The Morgan fingerprint density at radius 1 is 1.12 bits per heavy atom. The molecule has 0 spiro atoms. The van der Waals surface area contributed by atoms with Crippen molar-refractivity contribution in [2.24, 2.45) is 0 Å². The molecule has 0 N–H and O–H groups in total. The lowest BCUT2D eigenvalue weighted by atomic mass is 9.87. The Balaban J connectivity index is 1.49. The molecule has 33 heavy (non-hydrogen) atoms. The van der Waals surface area contributed by atoms with Gasteiger partial charge in [-0.1, -0.05) is 71.4 Å². The summed E-state index contributed by atoms with van der Waals surface area (Å²) in [6.45, 7) is 3.16. The summed E-state index contributed by atoms with van der Waals surface area (Å²) < 4.78 is 26.3. The van der Waals surface area contributed by atoms with Crippen LogP contribution in [0.15, 0.2) is 71.2 Å². The molecule has 3 aromatic rings. The number of amides is 1. The summed E-state index contributed by atoms with van der Waals surface area (Å²) in [7, 11) is 0. The van der Waals surface area contributed by atoms with Crippen LogP contribution in [0.1, 0.15) is 43.2 Å². The Bertz CT molecular complexity index is 1090. The van der Waals surface area contributed by atoms with Gasteiger partial charge in [-0.25, -0.2) is 9.18 Å². The Morgan fingerprint density at radius 3 is 2.73 bits per heavy atom. The van der Waals surface area contributed by atoms with Gasteiger partial charge in [0.2, 0.25) is 6.36 Å². The van der Waals surface area contributed by atoms with E-state index in [1.807, 2.05) is 31.2 Å². The number of nitrogens with zero attached hydrogens (tertiary/aromatic N) is 1. The van der Waals surface area contributed by atoms with Gasteiger partial charge in [0.25, 0.3) is 0 Å². The van der Waals surface area contributed by atoms with Crippen molar-refractivity contribution in [1.29, 1.82) is 0 Å². The summed E-state index contributed by atoms with van der Waals surface area (Å²) in [5.41, 5.74) is 2.24. The molecule has 0 aromatic heterocycles. The summed E-state index contributed by atoms with van der Waals surface area (Å²) in [6.07, 6.45) is -0.848. The fourth-order valence-corrected chi connectivity index (χ4v) is 4.79. The Kier molecular flexibility index (Phi) is 7.99. The third-order valence-corrected chi connectivity index (χ3v) is 6.61. The highest BCUT2D eigenvalue weighted by atomic mass is 79.9. The maximum atomic E-state index is 13.9. The maximum absolute atomic E-state index is 13.9. The first-order valence-corrected chi connectivity index (χ1v) is 12.3. The van der Waals surface area contributed by atoms with E-state index < -0.39 is 12.5 Å². The second-order valence-corrected chi connectivity index (χ2v) is 9.43. The monoisotopic (exact) mass is 513 g/mol. The number of alkyl halides is 1. The van der Waals surface area contributed by atoms with E-state index in [4.69, 9.17) is 9.47 Å². The van der Waals surface area contributed by atoms with Crippen LogP contribution < -0.4 is 0 Å². The van der Waals surface area contributed by atoms with Crippen molar-refractivity contribution in [3.8, 4) is 0 Å². The minimum atomic E-state index is -1.57. The molecule has 0 radical (unpaired) electrons. The lowest BCUT2D eigenvalue weighted by Crippen LogP contribution is -2.47. The van der Waals surface area contributed by atoms with Gasteiger partial charge in [-0.3, -0.25) is 0 Å². The third-order valence-electron chi connectivity index (χ3n) is 6.12. The van der Waals surface area contributed by atoms with Crippen LogP contribution in [-0.4, -0.2) is 36.5 Å². The van der Waals surface area contributed by atoms with Crippen LogP contribution in [0.25, 0.3) is 10.8 Å². The molecular formula is C27H29BrFNO3. The quantitative estimate of drug-likeness (QED) is 0.335. The van der Waals surface area contributed by atoms with Gasteiger partial charge in [-0.15, -0.1) is 0 Å². The standard InChI is InChI=1S/C27H29BrFNO3/c1-2-6-26(29)33-27(31)30-14-13-24(22-9-5-10-23(28)16-22)25(17-30)32-18-19-11-12-20-7-3-4-8-21(20)15-19/h3-5,7-12,15-16,24-26H,2,6,13-14,17-18H2,1H3/t24-,25+,26?/m1/s1. The zero-order valence-electron chi connectivity index (χ0n) is 18.8. The van der Waals surface area contributed by atoms with Crippen LogP contribution in [0.4, 0.5) is 9.18 Å². The first kappa shape index (κ1) is 23.7. The first-order valence-electron chi connectivity index (χ1n) is 11.5. The number of carbonyl (C=O) groups excluding carboxylic acids is 1. The number of piperidine rings is 1. The van der Waals surface area contributed by atoms with Crippen molar-refractivity contribution < 1.29 is 18.7 Å². The van der Waals surface area contributed by atoms with Crippen molar-refractivity contribution in [2.75, 3.05) is 13.1 Å². The molecule has 1 heterocycles. The van der Waals surface area contributed by atoms with Gasteiger partial charge in [0, 0.05) is 23.4 Å². The van der Waals surface area contributed by atoms with E-state index >= 15 is 0 Å². The first-order chi connectivity index (χ1) is 16.0. The highest BCUT2D eigenvalue weighted by Gasteiger charge is 2.34. The molecule has 4 rings (SSSR count). The van der Waals surface area contributed by atoms with E-state index in [2.05, 4.69) is 58.4 Å². The predicted molar refractivity (Wildman–Crippen MR) is 132 cm³/mol. The molecule has 0 aliphatic carbocycles.